The summed E-state index contributed by atoms with van der Waals surface area (Å²) in [6.45, 7) is 1.97. The number of halogens is 1. The number of carbonyl (C=O) groups is 1. The van der Waals surface area contributed by atoms with Crippen molar-refractivity contribution in [1.29, 1.82) is 0 Å². The minimum Gasteiger partial charge on any atom is -0.508 e. The lowest BCUT2D eigenvalue weighted by Crippen LogP contribution is -2.39. The fourth-order valence-corrected chi connectivity index (χ4v) is 5.96. The van der Waals surface area contributed by atoms with E-state index in [0.29, 0.717) is 23.6 Å². The van der Waals surface area contributed by atoms with E-state index in [0.717, 1.165) is 42.5 Å². The molecule has 2 aliphatic heterocycles. The Bertz CT molecular complexity index is 1400. The molecule has 2 saturated heterocycles. The highest BCUT2D eigenvalue weighted by Gasteiger charge is 2.38. The van der Waals surface area contributed by atoms with E-state index in [9.17, 15) is 14.3 Å². The summed E-state index contributed by atoms with van der Waals surface area (Å²) in [6, 6.07) is 13.9. The molecule has 6 rings (SSSR count). The van der Waals surface area contributed by atoms with Crippen LogP contribution in [-0.4, -0.2) is 44.8 Å². The van der Waals surface area contributed by atoms with Gasteiger partial charge in [0.2, 0.25) is 0 Å². The van der Waals surface area contributed by atoms with Crippen LogP contribution < -0.4 is 5.32 Å². The molecule has 2 N–H and O–H groups in total. The molecule has 2 unspecified atom stereocenters. The second kappa shape index (κ2) is 9.92. The van der Waals surface area contributed by atoms with E-state index < -0.39 is 11.9 Å². The zero-order valence-electron chi connectivity index (χ0n) is 21.8. The van der Waals surface area contributed by atoms with Crippen molar-refractivity contribution < 1.29 is 14.3 Å². The van der Waals surface area contributed by atoms with Crippen molar-refractivity contribution in [2.45, 2.75) is 69.6 Å². The fourth-order valence-electron chi connectivity index (χ4n) is 5.96. The zero-order valence-corrected chi connectivity index (χ0v) is 21.8. The number of fused-ring (bicyclic) bond motifs is 2. The number of nitrogens with zero attached hydrogens (tertiary/aromatic N) is 3. The molecule has 3 heterocycles. The molecule has 0 radical (unpaired) electrons. The van der Waals surface area contributed by atoms with Gasteiger partial charge < -0.3 is 15.3 Å². The number of rotatable bonds is 5. The maximum atomic E-state index is 14.2. The van der Waals surface area contributed by atoms with Gasteiger partial charge in [0.15, 0.2) is 5.69 Å². The highest BCUT2D eigenvalue weighted by molar-refractivity contribution is 5.93. The van der Waals surface area contributed by atoms with Crippen LogP contribution in [-0.2, 0) is 0 Å². The van der Waals surface area contributed by atoms with Crippen molar-refractivity contribution in [2.75, 3.05) is 7.05 Å². The van der Waals surface area contributed by atoms with Crippen LogP contribution >= 0.6 is 0 Å². The molecule has 1 aliphatic carbocycles. The van der Waals surface area contributed by atoms with E-state index in [1.165, 1.54) is 31.0 Å². The van der Waals surface area contributed by atoms with Gasteiger partial charge in [-0.05, 0) is 82.2 Å². The van der Waals surface area contributed by atoms with Gasteiger partial charge in [-0.15, -0.1) is 0 Å². The number of aryl methyl sites for hydroxylation is 1. The van der Waals surface area contributed by atoms with Crippen LogP contribution in [0.4, 0.5) is 4.39 Å². The Balaban J connectivity index is 1.27. The standard InChI is InChI=1S/C31H33FN4O2/c1-19-3-6-21(7-4-19)30(27-17-22(32)8-14-29(27)37)33-31(38)28-18-26(36(34-28)23-10-11-23)9-5-20-15-24-12-13-25(16-20)35(24)2/h3-4,6-8,14,17-18,20,23-25,30,37H,10-13,15-16H2,1-2H3,(H,33,38)/t20?,24-,25+,30?. The van der Waals surface area contributed by atoms with Crippen LogP contribution in [0.25, 0.3) is 0 Å². The molecule has 38 heavy (non-hydrogen) atoms. The minimum absolute atomic E-state index is 0.0839. The molecule has 3 fully saturated rings. The van der Waals surface area contributed by atoms with Crippen LogP contribution in [0.15, 0.2) is 48.5 Å². The predicted octanol–water partition coefficient (Wildman–Crippen LogP) is 5.11. The highest BCUT2D eigenvalue weighted by atomic mass is 19.1. The quantitative estimate of drug-likeness (QED) is 0.466. The van der Waals surface area contributed by atoms with Crippen molar-refractivity contribution in [3.63, 3.8) is 0 Å². The van der Waals surface area contributed by atoms with Crippen LogP contribution in [0, 0.1) is 30.5 Å². The molecule has 4 atom stereocenters. The summed E-state index contributed by atoms with van der Waals surface area (Å²) in [5.41, 5.74) is 3.14. The van der Waals surface area contributed by atoms with E-state index >= 15 is 0 Å². The highest BCUT2D eigenvalue weighted by Crippen LogP contribution is 2.38. The van der Waals surface area contributed by atoms with Crippen LogP contribution in [0.1, 0.15) is 83.5 Å². The average molecular weight is 513 g/mol. The second-order valence-electron chi connectivity index (χ2n) is 11.1. The Morgan fingerprint density at radius 2 is 1.74 bits per heavy atom. The number of hydrogen-bond donors (Lipinski definition) is 2. The van der Waals surface area contributed by atoms with Crippen molar-refractivity contribution in [3.8, 4) is 17.6 Å². The smallest absolute Gasteiger partial charge is 0.272 e. The number of aromatic nitrogens is 2. The number of aromatic hydroxyl groups is 1. The number of hydrogen-bond acceptors (Lipinski definition) is 4. The Kier molecular flexibility index (Phi) is 6.45. The number of benzene rings is 2. The Labute approximate surface area is 222 Å². The monoisotopic (exact) mass is 512 g/mol. The molecule has 6 nitrogen and oxygen atoms in total. The van der Waals surface area contributed by atoms with Crippen molar-refractivity contribution in [3.05, 3.63) is 82.4 Å². The molecular weight excluding hydrogens is 479 g/mol. The lowest BCUT2D eigenvalue weighted by molar-refractivity contribution is 0.0936. The molecule has 1 amide bonds. The second-order valence-corrected chi connectivity index (χ2v) is 11.1. The molecule has 3 aromatic rings. The Morgan fingerprint density at radius 3 is 2.42 bits per heavy atom. The topological polar surface area (TPSA) is 70.4 Å². The maximum absolute atomic E-state index is 14.2. The summed E-state index contributed by atoms with van der Waals surface area (Å²) >= 11 is 0. The molecule has 1 saturated carbocycles. The molecule has 0 spiro atoms. The van der Waals surface area contributed by atoms with E-state index in [4.69, 9.17) is 0 Å². The van der Waals surface area contributed by atoms with E-state index in [2.05, 4.69) is 34.2 Å². The van der Waals surface area contributed by atoms with Gasteiger partial charge >= 0.3 is 0 Å². The van der Waals surface area contributed by atoms with Crippen molar-refractivity contribution >= 4 is 5.91 Å². The van der Waals surface area contributed by atoms with Gasteiger partial charge in [-0.2, -0.15) is 5.10 Å². The predicted molar refractivity (Wildman–Crippen MR) is 143 cm³/mol. The third-order valence-corrected chi connectivity index (χ3v) is 8.35. The molecule has 3 aliphatic rings. The van der Waals surface area contributed by atoms with Gasteiger partial charge in [-0.3, -0.25) is 9.48 Å². The normalized spacial score (nSPS) is 23.5. The summed E-state index contributed by atoms with van der Waals surface area (Å²) in [6.07, 6.45) is 6.76. The molecule has 2 bridgehead atoms. The maximum Gasteiger partial charge on any atom is 0.272 e. The lowest BCUT2D eigenvalue weighted by atomic mass is 9.91. The fraction of sp³-hybridized carbons (Fsp3) is 0.419. The minimum atomic E-state index is -0.742. The first-order valence-electron chi connectivity index (χ1n) is 13.5. The summed E-state index contributed by atoms with van der Waals surface area (Å²) in [4.78, 5) is 16.0. The zero-order chi connectivity index (χ0) is 26.4. The number of piperidine rings is 1. The van der Waals surface area contributed by atoms with Gasteiger partial charge in [-0.1, -0.05) is 35.7 Å². The third-order valence-electron chi connectivity index (χ3n) is 8.35. The first-order chi connectivity index (χ1) is 18.4. The van der Waals surface area contributed by atoms with Crippen LogP contribution in [0.3, 0.4) is 0 Å². The van der Waals surface area contributed by atoms with E-state index in [-0.39, 0.29) is 23.4 Å². The van der Waals surface area contributed by atoms with Crippen molar-refractivity contribution in [1.82, 2.24) is 20.0 Å². The van der Waals surface area contributed by atoms with E-state index in [1.54, 1.807) is 6.07 Å². The Hall–Kier alpha value is -3.63. The molecular formula is C31H33FN4O2. The molecule has 7 heteroatoms. The summed E-state index contributed by atoms with van der Waals surface area (Å²) in [7, 11) is 2.23. The molecule has 2 aromatic carbocycles. The SMILES string of the molecule is Cc1ccc(C(NC(=O)c2cc(C#CC3C[C@H]4CC[C@@H](C3)N4C)n(C3CC3)n2)c2cc(F)ccc2O)cc1. The first kappa shape index (κ1) is 24.7. The Morgan fingerprint density at radius 1 is 1.05 bits per heavy atom. The number of carbonyl (C=O) groups excluding carboxylic acids is 1. The van der Waals surface area contributed by atoms with Crippen LogP contribution in [0.5, 0.6) is 5.75 Å². The number of nitrogens with one attached hydrogen (secondary N) is 1. The largest absolute Gasteiger partial charge is 0.508 e. The van der Waals surface area contributed by atoms with Gasteiger partial charge in [0, 0.05) is 29.6 Å². The molecule has 196 valence electrons. The summed E-state index contributed by atoms with van der Waals surface area (Å²) in [5.74, 6) is 6.28. The van der Waals surface area contributed by atoms with Gasteiger partial charge in [0.25, 0.3) is 5.91 Å². The van der Waals surface area contributed by atoms with Gasteiger partial charge in [0.05, 0.1) is 12.1 Å². The third kappa shape index (κ3) is 4.93. The average Bonchev–Trinajstić information content (AvgIpc) is 3.63. The first-order valence-corrected chi connectivity index (χ1v) is 13.5. The molecule has 1 aromatic heterocycles. The lowest BCUT2D eigenvalue weighted by Gasteiger charge is -2.34. The number of phenols is 1. The summed E-state index contributed by atoms with van der Waals surface area (Å²) in [5, 5.41) is 18.2. The van der Waals surface area contributed by atoms with Crippen molar-refractivity contribution in [2.24, 2.45) is 5.92 Å². The van der Waals surface area contributed by atoms with E-state index in [1.807, 2.05) is 35.9 Å². The summed E-state index contributed by atoms with van der Waals surface area (Å²) < 4.78 is 16.0. The number of amides is 1. The van der Waals surface area contributed by atoms with Gasteiger partial charge in [-0.25, -0.2) is 4.39 Å². The van der Waals surface area contributed by atoms with Gasteiger partial charge in [0.1, 0.15) is 17.3 Å². The van der Waals surface area contributed by atoms with Crippen LogP contribution in [0.2, 0.25) is 0 Å². The number of phenolic OH excluding ortho intramolecular Hbond substituents is 1.